The summed E-state index contributed by atoms with van der Waals surface area (Å²) in [4.78, 5) is 11.1. The molecule has 120 valence electrons. The highest BCUT2D eigenvalue weighted by atomic mass is 16.4. The van der Waals surface area contributed by atoms with Gasteiger partial charge in [0.1, 0.15) is 5.54 Å². The molecular formula is C16H34N2O2. The van der Waals surface area contributed by atoms with Gasteiger partial charge in [-0.05, 0) is 13.3 Å². The second kappa shape index (κ2) is 11.1. The van der Waals surface area contributed by atoms with Gasteiger partial charge < -0.3 is 16.6 Å². The summed E-state index contributed by atoms with van der Waals surface area (Å²) in [5.41, 5.74) is 10.3. The molecule has 0 aliphatic carbocycles. The van der Waals surface area contributed by atoms with Crippen LogP contribution in [0.5, 0.6) is 0 Å². The van der Waals surface area contributed by atoms with Crippen LogP contribution in [0.15, 0.2) is 0 Å². The van der Waals surface area contributed by atoms with Gasteiger partial charge in [-0.3, -0.25) is 4.79 Å². The zero-order chi connectivity index (χ0) is 15.4. The van der Waals surface area contributed by atoms with Crippen LogP contribution in [0.4, 0.5) is 0 Å². The minimum atomic E-state index is -1.26. The van der Waals surface area contributed by atoms with Gasteiger partial charge in [0.2, 0.25) is 0 Å². The van der Waals surface area contributed by atoms with E-state index in [2.05, 4.69) is 6.92 Å². The fourth-order valence-electron chi connectivity index (χ4n) is 2.43. The molecule has 0 heterocycles. The highest BCUT2D eigenvalue weighted by molar-refractivity contribution is 5.79. The van der Waals surface area contributed by atoms with E-state index < -0.39 is 17.6 Å². The summed E-state index contributed by atoms with van der Waals surface area (Å²) < 4.78 is 0. The fourth-order valence-corrected chi connectivity index (χ4v) is 2.43. The molecule has 5 N–H and O–H groups in total. The molecule has 0 saturated heterocycles. The zero-order valence-corrected chi connectivity index (χ0v) is 13.4. The number of hydrogen-bond acceptors (Lipinski definition) is 3. The third kappa shape index (κ3) is 7.85. The Morgan fingerprint density at radius 2 is 1.40 bits per heavy atom. The first-order valence-corrected chi connectivity index (χ1v) is 8.23. The second-order valence-corrected chi connectivity index (χ2v) is 6.07. The maximum atomic E-state index is 11.1. The lowest BCUT2D eigenvalue weighted by Crippen LogP contribution is -2.59. The maximum Gasteiger partial charge on any atom is 0.325 e. The summed E-state index contributed by atoms with van der Waals surface area (Å²) in [6.07, 6.45) is 12.8. The Balaban J connectivity index is 3.54. The lowest BCUT2D eigenvalue weighted by Gasteiger charge is -2.28. The molecule has 0 spiro atoms. The van der Waals surface area contributed by atoms with Gasteiger partial charge in [0.25, 0.3) is 0 Å². The highest BCUT2D eigenvalue weighted by Gasteiger charge is 2.37. The summed E-state index contributed by atoms with van der Waals surface area (Å²) in [7, 11) is 0. The quantitative estimate of drug-likeness (QED) is 0.452. The zero-order valence-electron chi connectivity index (χ0n) is 13.4. The maximum absolute atomic E-state index is 11.1. The molecule has 2 unspecified atom stereocenters. The van der Waals surface area contributed by atoms with E-state index in [-0.39, 0.29) is 0 Å². The van der Waals surface area contributed by atoms with Crippen LogP contribution in [0.2, 0.25) is 0 Å². The molecule has 0 aromatic heterocycles. The number of carbonyl (C=O) groups is 1. The molecule has 0 aromatic carbocycles. The molecule has 0 bridgehead atoms. The molecule has 2 atom stereocenters. The summed E-state index contributed by atoms with van der Waals surface area (Å²) in [6.45, 7) is 3.90. The van der Waals surface area contributed by atoms with Crippen molar-refractivity contribution in [3.05, 3.63) is 0 Å². The van der Waals surface area contributed by atoms with Gasteiger partial charge in [-0.25, -0.2) is 0 Å². The van der Waals surface area contributed by atoms with Crippen molar-refractivity contribution in [1.29, 1.82) is 0 Å². The monoisotopic (exact) mass is 286 g/mol. The molecular weight excluding hydrogens is 252 g/mol. The number of carboxylic acids is 1. The van der Waals surface area contributed by atoms with Gasteiger partial charge in [-0.15, -0.1) is 0 Å². The van der Waals surface area contributed by atoms with Gasteiger partial charge in [-0.2, -0.15) is 0 Å². The largest absolute Gasteiger partial charge is 0.480 e. The Morgan fingerprint density at radius 3 is 1.75 bits per heavy atom. The van der Waals surface area contributed by atoms with Gasteiger partial charge in [0.15, 0.2) is 0 Å². The van der Waals surface area contributed by atoms with E-state index in [1.807, 2.05) is 0 Å². The van der Waals surface area contributed by atoms with E-state index in [0.29, 0.717) is 6.42 Å². The van der Waals surface area contributed by atoms with Crippen LogP contribution in [0.1, 0.15) is 84.5 Å². The number of carboxylic acid groups (broad SMARTS) is 1. The van der Waals surface area contributed by atoms with Crippen molar-refractivity contribution in [1.82, 2.24) is 0 Å². The van der Waals surface area contributed by atoms with E-state index in [1.54, 1.807) is 6.92 Å². The third-order valence-corrected chi connectivity index (χ3v) is 4.15. The average molecular weight is 286 g/mol. The number of hydrogen-bond donors (Lipinski definition) is 3. The first-order valence-electron chi connectivity index (χ1n) is 8.23. The van der Waals surface area contributed by atoms with Crippen molar-refractivity contribution in [2.75, 3.05) is 0 Å². The Labute approximate surface area is 124 Å². The SMILES string of the molecule is CCCCCCCCCCCCC(N)(C(=O)O)C(C)N. The van der Waals surface area contributed by atoms with E-state index in [4.69, 9.17) is 16.6 Å². The standard InChI is InChI=1S/C16H34N2O2/c1-3-4-5-6-7-8-9-10-11-12-13-16(18,14(2)17)15(19)20/h14H,3-13,17-18H2,1-2H3,(H,19,20). The average Bonchev–Trinajstić information content (AvgIpc) is 2.40. The topological polar surface area (TPSA) is 89.3 Å². The van der Waals surface area contributed by atoms with Crippen LogP contribution in [0.25, 0.3) is 0 Å². The van der Waals surface area contributed by atoms with Gasteiger partial charge >= 0.3 is 5.97 Å². The minimum absolute atomic E-state index is 0.469. The number of unbranched alkanes of at least 4 members (excludes halogenated alkanes) is 9. The molecule has 0 radical (unpaired) electrons. The summed E-state index contributed by atoms with van der Waals surface area (Å²) in [5, 5.41) is 9.14. The van der Waals surface area contributed by atoms with Crippen LogP contribution < -0.4 is 11.5 Å². The lowest BCUT2D eigenvalue weighted by molar-refractivity contribution is -0.144. The molecule has 0 aromatic rings. The Kier molecular flexibility index (Phi) is 10.8. The number of rotatable bonds is 13. The van der Waals surface area contributed by atoms with Gasteiger partial charge in [0, 0.05) is 6.04 Å². The molecule has 4 nitrogen and oxygen atoms in total. The van der Waals surface area contributed by atoms with Crippen LogP contribution in [-0.2, 0) is 4.79 Å². The van der Waals surface area contributed by atoms with Crippen molar-refractivity contribution < 1.29 is 9.90 Å². The van der Waals surface area contributed by atoms with Crippen LogP contribution >= 0.6 is 0 Å². The highest BCUT2D eigenvalue weighted by Crippen LogP contribution is 2.17. The van der Waals surface area contributed by atoms with Crippen molar-refractivity contribution in [3.63, 3.8) is 0 Å². The molecule has 0 rings (SSSR count). The molecule has 0 amide bonds. The predicted octanol–water partition coefficient (Wildman–Crippen LogP) is 3.43. The van der Waals surface area contributed by atoms with E-state index in [9.17, 15) is 4.79 Å². The molecule has 0 aliphatic heterocycles. The first kappa shape index (κ1) is 19.4. The normalized spacial score (nSPS) is 15.8. The van der Waals surface area contributed by atoms with Crippen molar-refractivity contribution >= 4 is 5.97 Å². The van der Waals surface area contributed by atoms with Gasteiger partial charge in [-0.1, -0.05) is 71.1 Å². The van der Waals surface area contributed by atoms with Crippen molar-refractivity contribution in [2.24, 2.45) is 11.5 Å². The van der Waals surface area contributed by atoms with Crippen LogP contribution in [0, 0.1) is 0 Å². The molecule has 0 aliphatic rings. The predicted molar refractivity (Wildman–Crippen MR) is 84.7 cm³/mol. The summed E-state index contributed by atoms with van der Waals surface area (Å²) in [6, 6.07) is -0.515. The van der Waals surface area contributed by atoms with E-state index >= 15 is 0 Å². The van der Waals surface area contributed by atoms with E-state index in [1.165, 1.54) is 51.4 Å². The number of nitrogens with two attached hydrogens (primary N) is 2. The minimum Gasteiger partial charge on any atom is -0.480 e. The molecule has 20 heavy (non-hydrogen) atoms. The number of aliphatic carboxylic acids is 1. The lowest BCUT2D eigenvalue weighted by atomic mass is 9.87. The molecule has 0 fully saturated rings. The fraction of sp³-hybridized carbons (Fsp3) is 0.938. The summed E-state index contributed by atoms with van der Waals surface area (Å²) >= 11 is 0. The van der Waals surface area contributed by atoms with Crippen molar-refractivity contribution in [2.45, 2.75) is 96.1 Å². The first-order chi connectivity index (χ1) is 9.45. The Bertz CT molecular complexity index is 257. The Morgan fingerprint density at radius 1 is 1.00 bits per heavy atom. The van der Waals surface area contributed by atoms with Crippen LogP contribution in [-0.4, -0.2) is 22.7 Å². The van der Waals surface area contributed by atoms with Crippen LogP contribution in [0.3, 0.4) is 0 Å². The molecule has 0 saturated carbocycles. The smallest absolute Gasteiger partial charge is 0.325 e. The van der Waals surface area contributed by atoms with Gasteiger partial charge in [0.05, 0.1) is 0 Å². The van der Waals surface area contributed by atoms with Crippen molar-refractivity contribution in [3.8, 4) is 0 Å². The third-order valence-electron chi connectivity index (χ3n) is 4.15. The Hall–Kier alpha value is -0.610. The van der Waals surface area contributed by atoms with E-state index in [0.717, 1.165) is 12.8 Å². The summed E-state index contributed by atoms with van der Waals surface area (Å²) in [5.74, 6) is -0.983. The molecule has 4 heteroatoms. The second-order valence-electron chi connectivity index (χ2n) is 6.07.